The second-order valence-corrected chi connectivity index (χ2v) is 15.8. The minimum absolute atomic E-state index is 0.0383. The molecule has 2 amide bonds. The second-order valence-electron chi connectivity index (χ2n) is 14.5. The van der Waals surface area contributed by atoms with Gasteiger partial charge in [-0.1, -0.05) is 36.4 Å². The summed E-state index contributed by atoms with van der Waals surface area (Å²) < 4.78 is 29.7. The highest BCUT2D eigenvalue weighted by Gasteiger charge is 2.75. The first kappa shape index (κ1) is 37.4. The van der Waals surface area contributed by atoms with Gasteiger partial charge < -0.3 is 19.1 Å². The van der Waals surface area contributed by atoms with Gasteiger partial charge >= 0.3 is 11.4 Å². The molecule has 0 spiro atoms. The molecule has 0 radical (unpaired) electrons. The molecule has 2 fully saturated rings. The van der Waals surface area contributed by atoms with Crippen molar-refractivity contribution in [1.29, 1.82) is 0 Å². The molecule has 2 aliphatic heterocycles. The molecule has 58 heavy (non-hydrogen) atoms. The molecule has 0 unspecified atom stereocenters. The van der Waals surface area contributed by atoms with Crippen molar-refractivity contribution in [2.75, 3.05) is 19.1 Å². The first-order chi connectivity index (χ1) is 27.7. The summed E-state index contributed by atoms with van der Waals surface area (Å²) in [6, 6.07) is 16.9. The fraction of sp³-hybridized carbons (Fsp3) is 0.268. The number of aromatic hydroxyl groups is 1. The topological polar surface area (TPSA) is 160 Å². The van der Waals surface area contributed by atoms with E-state index in [1.807, 2.05) is 0 Å². The number of imide groups is 1. The average molecular weight is 828 g/mol. The van der Waals surface area contributed by atoms with Gasteiger partial charge in [0, 0.05) is 49.9 Å². The van der Waals surface area contributed by atoms with Gasteiger partial charge in [0.15, 0.2) is 21.2 Å². The Bertz CT molecular complexity index is 2990. The third-order valence-electron chi connectivity index (χ3n) is 11.7. The van der Waals surface area contributed by atoms with Crippen molar-refractivity contribution in [2.45, 2.75) is 47.6 Å². The number of rotatable bonds is 7. The molecule has 1 N–H and O–H groups in total. The molecule has 1 saturated carbocycles. The van der Waals surface area contributed by atoms with E-state index in [9.17, 15) is 33.5 Å². The van der Waals surface area contributed by atoms with E-state index in [0.29, 0.717) is 44.4 Å². The van der Waals surface area contributed by atoms with Gasteiger partial charge in [0.1, 0.15) is 17.3 Å². The van der Waals surface area contributed by atoms with Crippen molar-refractivity contribution < 1.29 is 28.6 Å². The molecule has 6 aromatic rings. The molecule has 4 aromatic carbocycles. The molecule has 4 atom stereocenters. The first-order valence-electron chi connectivity index (χ1n) is 18.2. The van der Waals surface area contributed by atoms with E-state index in [1.165, 1.54) is 46.3 Å². The Morgan fingerprint density at radius 2 is 1.59 bits per heavy atom. The quantitative estimate of drug-likeness (QED) is 0.139. The zero-order valence-corrected chi connectivity index (χ0v) is 32.6. The average Bonchev–Trinajstić information content (AvgIpc) is 3.55. The summed E-state index contributed by atoms with van der Waals surface area (Å²) in [6.45, 7) is -0.329. The lowest BCUT2D eigenvalue weighted by atomic mass is 9.63. The number of hydrogen-bond donors (Lipinski definition) is 1. The Balaban J connectivity index is 1.17. The number of amides is 2. The summed E-state index contributed by atoms with van der Waals surface area (Å²) in [5, 5.41) is 11.8. The summed E-state index contributed by atoms with van der Waals surface area (Å²) in [7, 11) is 4.53. The van der Waals surface area contributed by atoms with Crippen LogP contribution in [0.3, 0.4) is 0 Å². The maximum absolute atomic E-state index is 14.8. The number of alkyl halides is 2. The second kappa shape index (κ2) is 13.2. The smallest absolute Gasteiger partial charge is 0.347 e. The van der Waals surface area contributed by atoms with E-state index in [0.717, 1.165) is 21.6 Å². The first-order valence-corrected chi connectivity index (χ1v) is 19.0. The Morgan fingerprint density at radius 3 is 2.29 bits per heavy atom. The van der Waals surface area contributed by atoms with Crippen LogP contribution in [0.25, 0.3) is 21.8 Å². The van der Waals surface area contributed by atoms with Crippen molar-refractivity contribution >= 4 is 62.5 Å². The number of phenols is 1. The fourth-order valence-corrected chi connectivity index (χ4v) is 9.80. The highest BCUT2D eigenvalue weighted by molar-refractivity contribution is 6.58. The third-order valence-corrected chi connectivity index (χ3v) is 13.1. The minimum atomic E-state index is -2.20. The maximum Gasteiger partial charge on any atom is 0.347 e. The Hall–Kier alpha value is -6.19. The lowest BCUT2D eigenvalue weighted by Crippen LogP contribution is -2.59. The number of aryl methyl sites for hydroxylation is 2. The van der Waals surface area contributed by atoms with Crippen LogP contribution < -0.4 is 31.3 Å². The van der Waals surface area contributed by atoms with Gasteiger partial charge in [-0.05, 0) is 46.9 Å². The van der Waals surface area contributed by atoms with Gasteiger partial charge in [-0.3, -0.25) is 14.4 Å². The van der Waals surface area contributed by atoms with Crippen molar-refractivity contribution in [1.82, 2.24) is 23.5 Å². The molecular weight excluding hydrogens is 794 g/mol. The molecule has 4 heterocycles. The van der Waals surface area contributed by atoms with Crippen molar-refractivity contribution in [3.63, 3.8) is 0 Å². The number of phenolic OH excluding ortho intramolecular Hbond substituents is 1. The monoisotopic (exact) mass is 826 g/mol. The SMILES string of the molecule is COc1cc2nc(CCn3c(=O)n4n(c3=O)[C@@H]3C[C@@]5(Cl)C(=O)N(c6ccc(F)cc6)C(=O)[C@@]5(Cl)[C@@H](c5ccc(O)c6ccccc56)C3=CC4)c(=O)n(C)c2cc1OC. The van der Waals surface area contributed by atoms with Crippen molar-refractivity contribution in [3.8, 4) is 17.2 Å². The zero-order chi connectivity index (χ0) is 41.0. The van der Waals surface area contributed by atoms with Crippen LogP contribution in [0.15, 0.2) is 98.8 Å². The zero-order valence-electron chi connectivity index (χ0n) is 31.1. The molecule has 2 aromatic heterocycles. The van der Waals surface area contributed by atoms with E-state index < -0.39 is 56.3 Å². The van der Waals surface area contributed by atoms with Crippen LogP contribution in [-0.2, 0) is 36.1 Å². The molecule has 9 rings (SSSR count). The normalized spacial score (nSPS) is 22.5. The van der Waals surface area contributed by atoms with Gasteiger partial charge in [0.05, 0.1) is 43.5 Å². The molecule has 1 saturated heterocycles. The van der Waals surface area contributed by atoms with Crippen LogP contribution in [0, 0.1) is 5.82 Å². The molecule has 1 aliphatic carbocycles. The number of halogens is 3. The predicted molar refractivity (Wildman–Crippen MR) is 213 cm³/mol. The Morgan fingerprint density at radius 1 is 0.897 bits per heavy atom. The summed E-state index contributed by atoms with van der Waals surface area (Å²) >= 11 is 15.0. The van der Waals surface area contributed by atoms with Crippen molar-refractivity contribution in [3.05, 3.63) is 133 Å². The van der Waals surface area contributed by atoms with Gasteiger partial charge in [-0.15, -0.1) is 23.2 Å². The van der Waals surface area contributed by atoms with Crippen LogP contribution in [0.2, 0.25) is 0 Å². The molecule has 14 nitrogen and oxygen atoms in total. The number of nitrogens with zero attached hydrogens (tertiary/aromatic N) is 6. The third kappa shape index (κ3) is 5.02. The highest BCUT2D eigenvalue weighted by atomic mass is 35.5. The summed E-state index contributed by atoms with van der Waals surface area (Å²) in [5.74, 6) is -2.72. The van der Waals surface area contributed by atoms with Crippen LogP contribution >= 0.6 is 23.2 Å². The maximum atomic E-state index is 14.8. The summed E-state index contributed by atoms with van der Waals surface area (Å²) in [5.41, 5.74) is 0.108. The van der Waals surface area contributed by atoms with Crippen LogP contribution in [0.1, 0.15) is 29.6 Å². The van der Waals surface area contributed by atoms with Crippen LogP contribution in [0.4, 0.5) is 10.1 Å². The number of carbonyl (C=O) groups is 2. The number of methoxy groups -OCH3 is 2. The van der Waals surface area contributed by atoms with E-state index >= 15 is 0 Å². The Kier molecular flexibility index (Phi) is 8.49. The summed E-state index contributed by atoms with van der Waals surface area (Å²) in [4.78, 5) is 72.4. The van der Waals surface area contributed by atoms with Crippen LogP contribution in [0.5, 0.6) is 17.2 Å². The van der Waals surface area contributed by atoms with Gasteiger partial charge in [-0.2, -0.15) is 0 Å². The largest absolute Gasteiger partial charge is 0.507 e. The highest BCUT2D eigenvalue weighted by Crippen LogP contribution is 2.64. The van der Waals surface area contributed by atoms with E-state index in [1.54, 1.807) is 55.6 Å². The number of fused-ring (bicyclic) bond motifs is 6. The molecule has 296 valence electrons. The van der Waals surface area contributed by atoms with Crippen molar-refractivity contribution in [2.24, 2.45) is 7.05 Å². The minimum Gasteiger partial charge on any atom is -0.507 e. The predicted octanol–water partition coefficient (Wildman–Crippen LogP) is 4.51. The summed E-state index contributed by atoms with van der Waals surface area (Å²) in [6.07, 6.45) is 1.25. The Labute approximate surface area is 337 Å². The number of carbonyl (C=O) groups excluding carboxylic acids is 2. The number of benzene rings is 4. The van der Waals surface area contributed by atoms with E-state index in [4.69, 9.17) is 32.7 Å². The number of hydrogen-bond acceptors (Lipinski definition) is 9. The van der Waals surface area contributed by atoms with Gasteiger partial charge in [0.25, 0.3) is 17.4 Å². The molecule has 0 bridgehead atoms. The van der Waals surface area contributed by atoms with Gasteiger partial charge in [-0.25, -0.2) is 37.8 Å². The lowest BCUT2D eigenvalue weighted by molar-refractivity contribution is -0.122. The number of aromatic nitrogens is 5. The number of allylic oxidation sites excluding steroid dienone is 2. The standard InChI is InChI=1S/C41H33Cl2FN6O8/c1-46-29-19-33(58-3)32(57-2)18-28(29)45-27(35(46)52)15-16-47-38(55)48-17-14-26-30(50(48)39(47)56)20-40(42)36(53)49(22-10-8-21(44)9-11-22)37(54)41(40,43)34(26)25-12-13-31(51)24-7-5-4-6-23(24)25/h4-14,18-19,30,34,51H,15-17,20H2,1-3H3/t30-,34+,40-,41+/m1/s1. The van der Waals surface area contributed by atoms with Crippen LogP contribution in [-0.4, -0.2) is 64.4 Å². The van der Waals surface area contributed by atoms with E-state index in [2.05, 4.69) is 4.98 Å². The number of ether oxygens (including phenoxy) is 2. The fourth-order valence-electron chi connectivity index (χ4n) is 8.89. The van der Waals surface area contributed by atoms with E-state index in [-0.39, 0.29) is 43.1 Å². The molecule has 3 aliphatic rings. The molecule has 17 heteroatoms. The van der Waals surface area contributed by atoms with Gasteiger partial charge in [0.2, 0.25) is 0 Å². The molecular formula is C41H33Cl2FN6O8. The number of anilines is 1. The lowest BCUT2D eigenvalue weighted by Gasteiger charge is -2.49.